The van der Waals surface area contributed by atoms with Crippen molar-refractivity contribution in [3.8, 4) is 16.9 Å². The Kier molecular flexibility index (Phi) is 6.76. The zero-order valence-corrected chi connectivity index (χ0v) is 15.9. The molecule has 0 spiro atoms. The van der Waals surface area contributed by atoms with Crippen LogP contribution in [0.4, 0.5) is 17.6 Å². The lowest BCUT2D eigenvalue weighted by molar-refractivity contribution is 0.314. The Morgan fingerprint density at radius 3 is 2.29 bits per heavy atom. The monoisotopic (exact) mass is 392 g/mol. The normalized spacial score (nSPS) is 20.2. The van der Waals surface area contributed by atoms with Crippen molar-refractivity contribution in [3.05, 3.63) is 65.5 Å². The van der Waals surface area contributed by atoms with Crippen LogP contribution in [-0.4, -0.2) is 13.3 Å². The van der Waals surface area contributed by atoms with Crippen molar-refractivity contribution in [2.24, 2.45) is 5.92 Å². The van der Waals surface area contributed by atoms with Crippen LogP contribution in [-0.2, 0) is 0 Å². The SMILES string of the molecule is CCOc1ccc(-c2ccc(C3CCC(/C=C(\F)CF)CC3)cc2)c(F)c1F. The van der Waals surface area contributed by atoms with E-state index in [0.717, 1.165) is 31.2 Å². The predicted octanol–water partition coefficient (Wildman–Crippen LogP) is 7.13. The molecule has 1 saturated carbocycles. The second-order valence-corrected chi connectivity index (χ2v) is 7.15. The number of alkyl halides is 1. The molecule has 0 saturated heterocycles. The fourth-order valence-corrected chi connectivity index (χ4v) is 3.88. The molecule has 0 N–H and O–H groups in total. The van der Waals surface area contributed by atoms with E-state index < -0.39 is 24.1 Å². The third-order valence-corrected chi connectivity index (χ3v) is 5.36. The first kappa shape index (κ1) is 20.4. The number of hydrogen-bond donors (Lipinski definition) is 0. The van der Waals surface area contributed by atoms with E-state index in [0.29, 0.717) is 11.5 Å². The van der Waals surface area contributed by atoms with Crippen molar-refractivity contribution in [2.45, 2.75) is 38.5 Å². The molecule has 0 heterocycles. The van der Waals surface area contributed by atoms with Crippen molar-refractivity contribution in [2.75, 3.05) is 13.3 Å². The summed E-state index contributed by atoms with van der Waals surface area (Å²) >= 11 is 0. The van der Waals surface area contributed by atoms with Crippen LogP contribution in [0, 0.1) is 17.6 Å². The number of hydrogen-bond acceptors (Lipinski definition) is 1. The molecule has 1 fully saturated rings. The fraction of sp³-hybridized carbons (Fsp3) is 0.391. The Labute approximate surface area is 163 Å². The van der Waals surface area contributed by atoms with Gasteiger partial charge in [-0.2, -0.15) is 4.39 Å². The molecule has 3 rings (SSSR count). The number of rotatable bonds is 6. The van der Waals surface area contributed by atoms with Crippen LogP contribution in [0.5, 0.6) is 5.75 Å². The molecule has 0 unspecified atom stereocenters. The highest BCUT2D eigenvalue weighted by atomic mass is 19.2. The van der Waals surface area contributed by atoms with Crippen molar-refractivity contribution >= 4 is 0 Å². The lowest BCUT2D eigenvalue weighted by Gasteiger charge is -2.27. The molecule has 2 aromatic carbocycles. The van der Waals surface area contributed by atoms with Gasteiger partial charge in [-0.1, -0.05) is 24.3 Å². The summed E-state index contributed by atoms with van der Waals surface area (Å²) in [5.41, 5.74) is 1.93. The van der Waals surface area contributed by atoms with Crippen LogP contribution in [0.1, 0.15) is 44.1 Å². The van der Waals surface area contributed by atoms with E-state index in [9.17, 15) is 17.6 Å². The zero-order valence-electron chi connectivity index (χ0n) is 15.9. The van der Waals surface area contributed by atoms with Crippen LogP contribution in [0.3, 0.4) is 0 Å². The summed E-state index contributed by atoms with van der Waals surface area (Å²) < 4.78 is 58.9. The highest BCUT2D eigenvalue weighted by Crippen LogP contribution is 2.38. The van der Waals surface area contributed by atoms with Crippen LogP contribution < -0.4 is 4.74 Å². The van der Waals surface area contributed by atoms with Gasteiger partial charge in [-0.25, -0.2) is 13.2 Å². The van der Waals surface area contributed by atoms with E-state index in [4.69, 9.17) is 4.74 Å². The van der Waals surface area contributed by atoms with Crippen molar-refractivity contribution < 1.29 is 22.3 Å². The maximum absolute atomic E-state index is 14.4. The molecule has 0 aromatic heterocycles. The molecule has 1 nitrogen and oxygen atoms in total. The highest BCUT2D eigenvalue weighted by Gasteiger charge is 2.22. The van der Waals surface area contributed by atoms with E-state index in [2.05, 4.69) is 0 Å². The topological polar surface area (TPSA) is 9.23 Å². The van der Waals surface area contributed by atoms with Gasteiger partial charge in [-0.3, -0.25) is 0 Å². The van der Waals surface area contributed by atoms with Crippen molar-refractivity contribution in [3.63, 3.8) is 0 Å². The maximum atomic E-state index is 14.4. The van der Waals surface area contributed by atoms with Gasteiger partial charge in [0.25, 0.3) is 0 Å². The summed E-state index contributed by atoms with van der Waals surface area (Å²) in [5.74, 6) is -2.23. The largest absolute Gasteiger partial charge is 0.491 e. The van der Waals surface area contributed by atoms with E-state index in [1.165, 1.54) is 18.2 Å². The Morgan fingerprint density at radius 1 is 1.00 bits per heavy atom. The second-order valence-electron chi connectivity index (χ2n) is 7.15. The summed E-state index contributed by atoms with van der Waals surface area (Å²) in [6.07, 6.45) is 4.83. The van der Waals surface area contributed by atoms with Crippen LogP contribution >= 0.6 is 0 Å². The van der Waals surface area contributed by atoms with Gasteiger partial charge in [0.15, 0.2) is 11.6 Å². The van der Waals surface area contributed by atoms with Crippen LogP contribution in [0.25, 0.3) is 11.1 Å². The van der Waals surface area contributed by atoms with Crippen molar-refractivity contribution in [1.29, 1.82) is 0 Å². The first-order valence-electron chi connectivity index (χ1n) is 9.66. The van der Waals surface area contributed by atoms with Gasteiger partial charge in [-0.05, 0) is 73.8 Å². The third kappa shape index (κ3) is 4.57. The Hall–Kier alpha value is -2.30. The number of halogens is 4. The minimum absolute atomic E-state index is 0.0876. The summed E-state index contributed by atoms with van der Waals surface area (Å²) in [5, 5.41) is 0. The van der Waals surface area contributed by atoms with Gasteiger partial charge in [0, 0.05) is 5.56 Å². The number of allylic oxidation sites excluding steroid dienone is 2. The van der Waals surface area contributed by atoms with Gasteiger partial charge >= 0.3 is 0 Å². The molecule has 0 aliphatic heterocycles. The summed E-state index contributed by atoms with van der Waals surface area (Å²) in [6, 6.07) is 10.4. The molecule has 0 radical (unpaired) electrons. The van der Waals surface area contributed by atoms with Gasteiger partial charge in [0.05, 0.1) is 6.61 Å². The lowest BCUT2D eigenvalue weighted by Crippen LogP contribution is -2.12. The molecular formula is C23H24F4O. The van der Waals surface area contributed by atoms with E-state index in [-0.39, 0.29) is 23.8 Å². The lowest BCUT2D eigenvalue weighted by atomic mass is 9.78. The van der Waals surface area contributed by atoms with Gasteiger partial charge in [0.2, 0.25) is 5.82 Å². The minimum Gasteiger partial charge on any atom is -0.491 e. The molecule has 1 aliphatic rings. The van der Waals surface area contributed by atoms with E-state index in [1.54, 1.807) is 19.1 Å². The molecule has 0 amide bonds. The maximum Gasteiger partial charge on any atom is 0.201 e. The average molecular weight is 392 g/mol. The molecule has 150 valence electrons. The van der Waals surface area contributed by atoms with Gasteiger partial charge < -0.3 is 4.74 Å². The predicted molar refractivity (Wildman–Crippen MR) is 103 cm³/mol. The summed E-state index contributed by atoms with van der Waals surface area (Å²) in [4.78, 5) is 0. The Morgan fingerprint density at radius 2 is 1.68 bits per heavy atom. The average Bonchev–Trinajstić information content (AvgIpc) is 2.72. The smallest absolute Gasteiger partial charge is 0.201 e. The molecular weight excluding hydrogens is 368 g/mol. The molecule has 1 aliphatic carbocycles. The standard InChI is InChI=1S/C23H24F4O/c1-2-28-21-12-11-20(22(26)23(21)27)18-9-7-17(8-10-18)16-5-3-15(4-6-16)13-19(25)14-24/h7-13,15-16H,2-6,14H2,1H3/b19-13-. The Bertz CT molecular complexity index is 821. The minimum atomic E-state index is -1.04. The number of benzene rings is 2. The van der Waals surface area contributed by atoms with Gasteiger partial charge in [-0.15, -0.1) is 0 Å². The van der Waals surface area contributed by atoms with E-state index in [1.807, 2.05) is 12.1 Å². The second kappa shape index (κ2) is 9.26. The zero-order chi connectivity index (χ0) is 20.1. The van der Waals surface area contributed by atoms with E-state index >= 15 is 0 Å². The van der Waals surface area contributed by atoms with Crippen molar-refractivity contribution in [1.82, 2.24) is 0 Å². The van der Waals surface area contributed by atoms with Crippen LogP contribution in [0.15, 0.2) is 48.3 Å². The first-order chi connectivity index (χ1) is 13.5. The first-order valence-corrected chi connectivity index (χ1v) is 9.66. The molecule has 2 aromatic rings. The number of ether oxygens (including phenoxy) is 1. The fourth-order valence-electron chi connectivity index (χ4n) is 3.88. The van der Waals surface area contributed by atoms with Gasteiger partial charge in [0.1, 0.15) is 12.5 Å². The van der Waals surface area contributed by atoms with Crippen LogP contribution in [0.2, 0.25) is 0 Å². The third-order valence-electron chi connectivity index (χ3n) is 5.36. The summed E-state index contributed by atoms with van der Waals surface area (Å²) in [7, 11) is 0. The summed E-state index contributed by atoms with van der Waals surface area (Å²) in [6.45, 7) is 0.943. The molecule has 5 heteroatoms. The molecule has 28 heavy (non-hydrogen) atoms. The molecule has 0 bridgehead atoms. The highest BCUT2D eigenvalue weighted by molar-refractivity contribution is 5.65. The Balaban J connectivity index is 1.70. The molecule has 0 atom stereocenters. The quantitative estimate of drug-likeness (QED) is 0.475.